The molecular weight excluding hydrogens is 434 g/mol. The van der Waals surface area contributed by atoms with Crippen molar-refractivity contribution < 1.29 is 19.2 Å². The summed E-state index contributed by atoms with van der Waals surface area (Å²) in [6.45, 7) is 4.36. The van der Waals surface area contributed by atoms with Gasteiger partial charge in [0.1, 0.15) is 6.04 Å². The summed E-state index contributed by atoms with van der Waals surface area (Å²) in [5, 5.41) is 0.654. The van der Waals surface area contributed by atoms with E-state index in [2.05, 4.69) is 17.1 Å². The second-order valence-electron chi connectivity index (χ2n) is 9.27. The lowest BCUT2D eigenvalue weighted by molar-refractivity contribution is -0.151. The molecule has 5 rings (SSSR count). The van der Waals surface area contributed by atoms with Crippen LogP contribution in [0.5, 0.6) is 0 Å². The molecule has 0 N–H and O–H groups in total. The molecule has 9 nitrogen and oxygen atoms in total. The van der Waals surface area contributed by atoms with Gasteiger partial charge < -0.3 is 19.5 Å². The fraction of sp³-hybridized carbons (Fsp3) is 0.440. The van der Waals surface area contributed by atoms with E-state index in [4.69, 9.17) is 4.84 Å². The topological polar surface area (TPSA) is 86.3 Å². The van der Waals surface area contributed by atoms with Crippen LogP contribution in [0.2, 0.25) is 0 Å². The first-order valence-electron chi connectivity index (χ1n) is 11.8. The molecule has 4 heterocycles. The van der Waals surface area contributed by atoms with Gasteiger partial charge in [0.2, 0.25) is 0 Å². The Labute approximate surface area is 198 Å². The van der Waals surface area contributed by atoms with E-state index < -0.39 is 24.1 Å². The number of aryl methyl sites for hydroxylation is 1. The van der Waals surface area contributed by atoms with Crippen molar-refractivity contribution in [1.82, 2.24) is 19.8 Å². The first-order valence-corrected chi connectivity index (χ1v) is 11.8. The number of imide groups is 1. The van der Waals surface area contributed by atoms with Crippen LogP contribution in [-0.4, -0.2) is 76.6 Å². The fourth-order valence-electron chi connectivity index (χ4n) is 5.00. The average molecular weight is 464 g/mol. The molecule has 1 atom stereocenters. The first-order chi connectivity index (χ1) is 16.5. The summed E-state index contributed by atoms with van der Waals surface area (Å²) in [6, 6.07) is 11.1. The van der Waals surface area contributed by atoms with E-state index in [-0.39, 0.29) is 0 Å². The summed E-state index contributed by atoms with van der Waals surface area (Å²) in [4.78, 5) is 53.2. The van der Waals surface area contributed by atoms with Gasteiger partial charge in [0.25, 0.3) is 5.91 Å². The number of carbonyl (C=O) groups excluding carboxylic acids is 3. The van der Waals surface area contributed by atoms with E-state index in [1.807, 2.05) is 36.1 Å². The minimum Gasteiger partial charge on any atom is -0.366 e. The second-order valence-corrected chi connectivity index (χ2v) is 9.27. The van der Waals surface area contributed by atoms with Crippen LogP contribution in [0.3, 0.4) is 0 Å². The molecule has 3 fully saturated rings. The summed E-state index contributed by atoms with van der Waals surface area (Å²) in [5.41, 5.74) is 3.23. The van der Waals surface area contributed by atoms with Gasteiger partial charge in [0, 0.05) is 38.9 Å². The Hall–Kier alpha value is -3.62. The Bertz CT molecular complexity index is 1070. The third kappa shape index (κ3) is 4.42. The van der Waals surface area contributed by atoms with E-state index in [9.17, 15) is 14.4 Å². The summed E-state index contributed by atoms with van der Waals surface area (Å²) < 4.78 is 0. The number of pyridine rings is 1. The molecule has 0 spiro atoms. The number of piperidine rings is 1. The van der Waals surface area contributed by atoms with Crippen LogP contribution in [0, 0.1) is 12.8 Å². The Morgan fingerprint density at radius 3 is 2.56 bits per heavy atom. The molecule has 3 aliphatic rings. The van der Waals surface area contributed by atoms with Crippen molar-refractivity contribution in [3.05, 3.63) is 59.9 Å². The molecule has 34 heavy (non-hydrogen) atoms. The lowest BCUT2D eigenvalue weighted by atomic mass is 9.90. The van der Waals surface area contributed by atoms with Gasteiger partial charge in [-0.1, -0.05) is 35.4 Å². The van der Waals surface area contributed by atoms with E-state index in [1.165, 1.54) is 10.5 Å². The van der Waals surface area contributed by atoms with E-state index in [1.54, 1.807) is 17.3 Å². The minimum atomic E-state index is -0.675. The highest BCUT2D eigenvalue weighted by molar-refractivity contribution is 6.04. The zero-order valence-electron chi connectivity index (χ0n) is 19.3. The van der Waals surface area contributed by atoms with Crippen molar-refractivity contribution in [3.8, 4) is 0 Å². The molecule has 0 bridgehead atoms. The number of nitrogens with zero attached hydrogens (tertiary/aromatic N) is 5. The number of urea groups is 1. The summed E-state index contributed by atoms with van der Waals surface area (Å²) >= 11 is 0. The van der Waals surface area contributed by atoms with Gasteiger partial charge in [-0.05, 0) is 49.3 Å². The summed E-state index contributed by atoms with van der Waals surface area (Å²) in [5.74, 6) is 0.000188. The predicted molar refractivity (Wildman–Crippen MR) is 125 cm³/mol. The fourth-order valence-corrected chi connectivity index (χ4v) is 5.00. The molecule has 9 heteroatoms. The number of amides is 4. The molecule has 2 aromatic rings. The van der Waals surface area contributed by atoms with Crippen LogP contribution in [0.4, 0.5) is 15.3 Å². The van der Waals surface area contributed by atoms with E-state index in [0.717, 1.165) is 30.5 Å². The standard InChI is InChI=1S/C25H29N5O4/c1-18-13-21(16-26-15-18)28-11-12-29-22(17-28)23(31)30(24(29)32)34-25(33)27-9-7-20(8-10-27)14-19-5-3-2-4-6-19/h2-6,13,15-16,20,22H,7-12,14,17H2,1H3. The van der Waals surface area contributed by atoms with Crippen LogP contribution >= 0.6 is 0 Å². The number of likely N-dealkylation sites (tertiary alicyclic amines) is 1. The third-order valence-electron chi connectivity index (χ3n) is 6.92. The number of anilines is 1. The van der Waals surface area contributed by atoms with Crippen molar-refractivity contribution in [1.29, 1.82) is 0 Å². The van der Waals surface area contributed by atoms with Crippen molar-refractivity contribution in [2.45, 2.75) is 32.2 Å². The number of hydrogen-bond donors (Lipinski definition) is 0. The van der Waals surface area contributed by atoms with E-state index in [0.29, 0.717) is 43.7 Å². The monoisotopic (exact) mass is 463 g/mol. The molecule has 0 aliphatic carbocycles. The van der Waals surface area contributed by atoms with Gasteiger partial charge in [-0.25, -0.2) is 9.59 Å². The number of benzene rings is 1. The molecule has 1 aromatic heterocycles. The van der Waals surface area contributed by atoms with Crippen molar-refractivity contribution in [2.75, 3.05) is 37.6 Å². The maximum Gasteiger partial charge on any atom is 0.434 e. The highest BCUT2D eigenvalue weighted by Crippen LogP contribution is 2.27. The molecule has 0 saturated carbocycles. The van der Waals surface area contributed by atoms with Gasteiger partial charge in [-0.3, -0.25) is 9.78 Å². The zero-order valence-corrected chi connectivity index (χ0v) is 19.3. The summed E-state index contributed by atoms with van der Waals surface area (Å²) in [7, 11) is 0. The smallest absolute Gasteiger partial charge is 0.366 e. The molecule has 0 radical (unpaired) electrons. The Morgan fingerprint density at radius 1 is 1.06 bits per heavy atom. The van der Waals surface area contributed by atoms with Gasteiger partial charge in [0.05, 0.1) is 11.9 Å². The van der Waals surface area contributed by atoms with Gasteiger partial charge in [0.15, 0.2) is 0 Å². The third-order valence-corrected chi connectivity index (χ3v) is 6.92. The van der Waals surface area contributed by atoms with Crippen LogP contribution in [0.15, 0.2) is 48.8 Å². The average Bonchev–Trinajstić information content (AvgIpc) is 3.09. The van der Waals surface area contributed by atoms with Gasteiger partial charge in [-0.15, -0.1) is 0 Å². The molecule has 3 aliphatic heterocycles. The zero-order chi connectivity index (χ0) is 23.7. The van der Waals surface area contributed by atoms with Crippen molar-refractivity contribution in [2.24, 2.45) is 5.92 Å². The van der Waals surface area contributed by atoms with Crippen LogP contribution in [-0.2, 0) is 16.1 Å². The Kier molecular flexibility index (Phi) is 6.08. The summed E-state index contributed by atoms with van der Waals surface area (Å²) in [6.07, 6.45) is 5.59. The number of piperazine rings is 1. The normalized spacial score (nSPS) is 21.1. The quantitative estimate of drug-likeness (QED) is 0.648. The lowest BCUT2D eigenvalue weighted by Gasteiger charge is -2.36. The van der Waals surface area contributed by atoms with Crippen LogP contribution < -0.4 is 4.90 Å². The van der Waals surface area contributed by atoms with Crippen molar-refractivity contribution in [3.63, 3.8) is 0 Å². The number of hydrogen-bond acceptors (Lipinski definition) is 6. The SMILES string of the molecule is Cc1cncc(N2CCN3C(=O)N(OC(=O)N4CCC(Cc5ccccc5)CC4)C(=O)C3C2)c1. The maximum absolute atomic E-state index is 13.0. The minimum absolute atomic E-state index is 0.342. The number of hydroxylamine groups is 2. The molecule has 1 unspecified atom stereocenters. The Balaban J connectivity index is 1.16. The molecular formula is C25H29N5O4. The van der Waals surface area contributed by atoms with Crippen LogP contribution in [0.25, 0.3) is 0 Å². The lowest BCUT2D eigenvalue weighted by Crippen LogP contribution is -2.53. The van der Waals surface area contributed by atoms with Crippen molar-refractivity contribution >= 4 is 23.7 Å². The van der Waals surface area contributed by atoms with E-state index >= 15 is 0 Å². The Morgan fingerprint density at radius 2 is 1.82 bits per heavy atom. The number of aromatic nitrogens is 1. The van der Waals surface area contributed by atoms with Crippen LogP contribution in [0.1, 0.15) is 24.0 Å². The highest BCUT2D eigenvalue weighted by Gasteiger charge is 2.50. The van der Waals surface area contributed by atoms with Gasteiger partial charge >= 0.3 is 12.1 Å². The number of rotatable bonds is 4. The molecule has 4 amide bonds. The highest BCUT2D eigenvalue weighted by atomic mass is 16.7. The largest absolute Gasteiger partial charge is 0.434 e. The molecule has 3 saturated heterocycles. The number of fused-ring (bicyclic) bond motifs is 1. The maximum atomic E-state index is 13.0. The van der Waals surface area contributed by atoms with Gasteiger partial charge in [-0.2, -0.15) is 0 Å². The molecule has 1 aromatic carbocycles. The number of carbonyl (C=O) groups is 3. The molecule has 178 valence electrons. The first kappa shape index (κ1) is 22.2. The second kappa shape index (κ2) is 9.32. The predicted octanol–water partition coefficient (Wildman–Crippen LogP) is 2.85.